The number of hydrogen-bond acceptors (Lipinski definition) is 3. The molecule has 3 rings (SSSR count). The monoisotopic (exact) mass is 334 g/mol. The Morgan fingerprint density at radius 2 is 2.04 bits per heavy atom. The van der Waals surface area contributed by atoms with Gasteiger partial charge in [-0.05, 0) is 37.0 Å². The summed E-state index contributed by atoms with van der Waals surface area (Å²) in [6.07, 6.45) is 7.35. The normalized spacial score (nSPS) is 17.6. The molecular formula is C17H23ClN4O. The maximum absolute atomic E-state index is 12.5. The number of halogens is 1. The van der Waals surface area contributed by atoms with Crippen molar-refractivity contribution in [2.75, 3.05) is 13.1 Å². The number of likely N-dealkylation sites (tertiary alicyclic amines) is 1. The number of amides is 1. The molecule has 1 aromatic carbocycles. The van der Waals surface area contributed by atoms with E-state index in [1.807, 2.05) is 41.4 Å². The smallest absolute Gasteiger partial charge is 0.227 e. The quantitative estimate of drug-likeness (QED) is 0.932. The number of nitrogens with two attached hydrogens (primary N) is 1. The predicted molar refractivity (Wildman–Crippen MR) is 92.9 cm³/mol. The molecule has 0 radical (unpaired) electrons. The second-order valence-corrected chi connectivity index (χ2v) is 5.78. The first kappa shape index (κ1) is 17.5. The van der Waals surface area contributed by atoms with Gasteiger partial charge < -0.3 is 10.6 Å². The fourth-order valence-corrected chi connectivity index (χ4v) is 3.02. The zero-order valence-electron chi connectivity index (χ0n) is 13.1. The molecule has 2 heterocycles. The van der Waals surface area contributed by atoms with Crippen LogP contribution in [0.3, 0.4) is 0 Å². The van der Waals surface area contributed by atoms with Crippen molar-refractivity contribution in [3.63, 3.8) is 0 Å². The average Bonchev–Trinajstić information content (AvgIpc) is 3.04. The van der Waals surface area contributed by atoms with Crippen molar-refractivity contribution >= 4 is 18.3 Å². The van der Waals surface area contributed by atoms with Gasteiger partial charge in [-0.3, -0.25) is 4.79 Å². The summed E-state index contributed by atoms with van der Waals surface area (Å²) in [6.45, 7) is 1.38. The highest BCUT2D eigenvalue weighted by molar-refractivity contribution is 5.85. The Morgan fingerprint density at radius 3 is 2.78 bits per heavy atom. The third kappa shape index (κ3) is 4.12. The predicted octanol–water partition coefficient (Wildman–Crippen LogP) is 2.18. The first-order valence-corrected chi connectivity index (χ1v) is 7.86. The van der Waals surface area contributed by atoms with Gasteiger partial charge >= 0.3 is 0 Å². The Balaban J connectivity index is 0.00000192. The fraction of sp³-hybridized carbons (Fsp3) is 0.412. The molecule has 1 aliphatic heterocycles. The van der Waals surface area contributed by atoms with Gasteiger partial charge in [0.2, 0.25) is 5.91 Å². The highest BCUT2D eigenvalue weighted by atomic mass is 35.5. The Kier molecular flexibility index (Phi) is 6.19. The van der Waals surface area contributed by atoms with E-state index in [2.05, 4.69) is 5.10 Å². The van der Waals surface area contributed by atoms with E-state index in [1.165, 1.54) is 0 Å². The second-order valence-electron chi connectivity index (χ2n) is 5.78. The summed E-state index contributed by atoms with van der Waals surface area (Å²) in [6, 6.07) is 10.1. The van der Waals surface area contributed by atoms with E-state index in [9.17, 15) is 4.79 Å². The molecule has 0 aliphatic carbocycles. The molecule has 2 N–H and O–H groups in total. The summed E-state index contributed by atoms with van der Waals surface area (Å²) >= 11 is 0. The fourth-order valence-electron chi connectivity index (χ4n) is 3.02. The SMILES string of the molecule is Cl.NCC1CCCCN1C(=O)Cc1cnn(-c2ccccc2)c1. The van der Waals surface area contributed by atoms with Gasteiger partial charge in [0.05, 0.1) is 18.3 Å². The number of benzene rings is 1. The summed E-state index contributed by atoms with van der Waals surface area (Å²) < 4.78 is 1.80. The largest absolute Gasteiger partial charge is 0.338 e. The number of hydrogen-bond donors (Lipinski definition) is 1. The van der Waals surface area contributed by atoms with E-state index < -0.39 is 0 Å². The molecule has 1 aromatic heterocycles. The molecule has 2 aromatic rings. The summed E-state index contributed by atoms with van der Waals surface area (Å²) in [4.78, 5) is 14.5. The molecular weight excluding hydrogens is 312 g/mol. The number of rotatable bonds is 4. The molecule has 0 spiro atoms. The van der Waals surface area contributed by atoms with Crippen molar-refractivity contribution in [1.29, 1.82) is 0 Å². The summed E-state index contributed by atoms with van der Waals surface area (Å²) in [5.74, 6) is 0.155. The van der Waals surface area contributed by atoms with Crippen LogP contribution in [0.4, 0.5) is 0 Å². The van der Waals surface area contributed by atoms with Gasteiger partial charge in [-0.25, -0.2) is 4.68 Å². The van der Waals surface area contributed by atoms with E-state index in [1.54, 1.807) is 10.9 Å². The van der Waals surface area contributed by atoms with Crippen LogP contribution in [-0.4, -0.2) is 39.7 Å². The van der Waals surface area contributed by atoms with Gasteiger partial charge in [-0.1, -0.05) is 18.2 Å². The maximum Gasteiger partial charge on any atom is 0.227 e. The molecule has 1 aliphatic rings. The van der Waals surface area contributed by atoms with Crippen LogP contribution in [0, 0.1) is 0 Å². The average molecular weight is 335 g/mol. The molecule has 0 saturated carbocycles. The number of carbonyl (C=O) groups is 1. The summed E-state index contributed by atoms with van der Waals surface area (Å²) in [5, 5.41) is 4.35. The lowest BCUT2D eigenvalue weighted by molar-refractivity contribution is -0.133. The Bertz CT molecular complexity index is 629. The van der Waals surface area contributed by atoms with E-state index >= 15 is 0 Å². The zero-order chi connectivity index (χ0) is 15.4. The minimum Gasteiger partial charge on any atom is -0.338 e. The summed E-state index contributed by atoms with van der Waals surface area (Å²) in [5.41, 5.74) is 7.73. The van der Waals surface area contributed by atoms with Crippen molar-refractivity contribution in [2.45, 2.75) is 31.7 Å². The van der Waals surface area contributed by atoms with Crippen LogP contribution in [0.2, 0.25) is 0 Å². The van der Waals surface area contributed by atoms with Gasteiger partial charge in [0.1, 0.15) is 0 Å². The molecule has 23 heavy (non-hydrogen) atoms. The third-order valence-corrected chi connectivity index (χ3v) is 4.23. The highest BCUT2D eigenvalue weighted by Crippen LogP contribution is 2.18. The van der Waals surface area contributed by atoms with Crippen molar-refractivity contribution in [3.8, 4) is 5.69 Å². The highest BCUT2D eigenvalue weighted by Gasteiger charge is 2.25. The van der Waals surface area contributed by atoms with Gasteiger partial charge in [0.25, 0.3) is 0 Å². The van der Waals surface area contributed by atoms with Crippen LogP contribution >= 0.6 is 12.4 Å². The zero-order valence-corrected chi connectivity index (χ0v) is 13.9. The van der Waals surface area contributed by atoms with E-state index in [4.69, 9.17) is 5.73 Å². The van der Waals surface area contributed by atoms with Gasteiger partial charge in [0.15, 0.2) is 0 Å². The van der Waals surface area contributed by atoms with E-state index in [0.29, 0.717) is 13.0 Å². The van der Waals surface area contributed by atoms with E-state index in [-0.39, 0.29) is 24.4 Å². The summed E-state index contributed by atoms with van der Waals surface area (Å²) in [7, 11) is 0. The maximum atomic E-state index is 12.5. The number of nitrogens with zero attached hydrogens (tertiary/aromatic N) is 3. The molecule has 124 valence electrons. The number of piperidine rings is 1. The van der Waals surface area contributed by atoms with Crippen molar-refractivity contribution < 1.29 is 4.79 Å². The van der Waals surface area contributed by atoms with Crippen LogP contribution < -0.4 is 5.73 Å². The molecule has 1 atom stereocenters. The first-order valence-electron chi connectivity index (χ1n) is 7.86. The third-order valence-electron chi connectivity index (χ3n) is 4.23. The van der Waals surface area contributed by atoms with Crippen LogP contribution in [0.25, 0.3) is 5.69 Å². The molecule has 0 bridgehead atoms. The van der Waals surface area contributed by atoms with Crippen molar-refractivity contribution in [3.05, 3.63) is 48.3 Å². The molecule has 6 heteroatoms. The number of carbonyl (C=O) groups excluding carboxylic acids is 1. The van der Waals surface area contributed by atoms with Gasteiger partial charge in [0, 0.05) is 25.3 Å². The number of para-hydroxylation sites is 1. The minimum absolute atomic E-state index is 0. The first-order chi connectivity index (χ1) is 10.8. The molecule has 1 saturated heterocycles. The van der Waals surface area contributed by atoms with Crippen LogP contribution in [0.5, 0.6) is 0 Å². The lowest BCUT2D eigenvalue weighted by Gasteiger charge is -2.35. The lowest BCUT2D eigenvalue weighted by Crippen LogP contribution is -2.48. The van der Waals surface area contributed by atoms with Gasteiger partial charge in [-0.2, -0.15) is 5.10 Å². The van der Waals surface area contributed by atoms with Crippen molar-refractivity contribution in [1.82, 2.24) is 14.7 Å². The molecule has 1 fully saturated rings. The standard InChI is InChI=1S/C17H22N4O.ClH/c18-11-16-8-4-5-9-20(16)17(22)10-14-12-19-21(13-14)15-6-2-1-3-7-15;/h1-3,6-7,12-13,16H,4-5,8-11,18H2;1H. The molecule has 1 unspecified atom stereocenters. The van der Waals surface area contributed by atoms with Crippen molar-refractivity contribution in [2.24, 2.45) is 5.73 Å². The number of aromatic nitrogens is 2. The Morgan fingerprint density at radius 1 is 1.26 bits per heavy atom. The van der Waals surface area contributed by atoms with Crippen LogP contribution in [0.1, 0.15) is 24.8 Å². The Hall–Kier alpha value is -1.85. The topological polar surface area (TPSA) is 64.2 Å². The lowest BCUT2D eigenvalue weighted by atomic mass is 10.0. The van der Waals surface area contributed by atoms with E-state index in [0.717, 1.165) is 37.1 Å². The molecule has 1 amide bonds. The van der Waals surface area contributed by atoms with Crippen LogP contribution in [0.15, 0.2) is 42.7 Å². The minimum atomic E-state index is 0. The second kappa shape index (κ2) is 8.13. The van der Waals surface area contributed by atoms with Crippen LogP contribution in [-0.2, 0) is 11.2 Å². The molecule has 5 nitrogen and oxygen atoms in total. The van der Waals surface area contributed by atoms with Gasteiger partial charge in [-0.15, -0.1) is 12.4 Å². The Labute approximate surface area is 142 Å².